The Morgan fingerprint density at radius 3 is 2.45 bits per heavy atom. The smallest absolute Gasteiger partial charge is 0.0581 e. The summed E-state index contributed by atoms with van der Waals surface area (Å²) in [6, 6.07) is 17.3. The van der Waals surface area contributed by atoms with Gasteiger partial charge in [-0.3, -0.25) is 0 Å². The van der Waals surface area contributed by atoms with Gasteiger partial charge in [0.1, 0.15) is 0 Å². The van der Waals surface area contributed by atoms with Crippen molar-refractivity contribution in [3.05, 3.63) is 63.4 Å². The van der Waals surface area contributed by atoms with E-state index in [0.717, 1.165) is 10.2 Å². The van der Waals surface area contributed by atoms with E-state index in [1.165, 1.54) is 20.5 Å². The van der Waals surface area contributed by atoms with E-state index in [4.69, 9.17) is 0 Å². The number of anilines is 1. The molecule has 3 aromatic rings. The van der Waals surface area contributed by atoms with Crippen molar-refractivity contribution in [2.75, 3.05) is 5.32 Å². The van der Waals surface area contributed by atoms with Crippen molar-refractivity contribution >= 4 is 43.0 Å². The van der Waals surface area contributed by atoms with Gasteiger partial charge in [-0.15, -0.1) is 11.3 Å². The second-order valence-corrected chi connectivity index (χ2v) is 6.96. The second-order valence-electron chi connectivity index (χ2n) is 4.96. The van der Waals surface area contributed by atoms with Crippen LogP contribution < -0.4 is 5.32 Å². The second kappa shape index (κ2) is 5.58. The van der Waals surface area contributed by atoms with Gasteiger partial charge in [0.15, 0.2) is 0 Å². The molecule has 20 heavy (non-hydrogen) atoms. The third-order valence-corrected chi connectivity index (χ3v) is 5.49. The monoisotopic (exact) mass is 345 g/mol. The Bertz CT molecular complexity index is 730. The van der Waals surface area contributed by atoms with Crippen molar-refractivity contribution in [3.63, 3.8) is 0 Å². The minimum atomic E-state index is 0.313. The van der Waals surface area contributed by atoms with E-state index in [0.29, 0.717) is 6.04 Å². The van der Waals surface area contributed by atoms with Crippen LogP contribution in [0.4, 0.5) is 5.69 Å². The fourth-order valence-corrected chi connectivity index (χ4v) is 3.95. The van der Waals surface area contributed by atoms with Gasteiger partial charge in [-0.1, -0.05) is 34.1 Å². The minimum absolute atomic E-state index is 0.313. The molecule has 102 valence electrons. The fraction of sp³-hybridized carbons (Fsp3) is 0.176. The van der Waals surface area contributed by atoms with Crippen LogP contribution in [0.3, 0.4) is 0 Å². The summed E-state index contributed by atoms with van der Waals surface area (Å²) in [4.78, 5) is 1.41. The van der Waals surface area contributed by atoms with Crippen LogP contribution in [0.25, 0.3) is 10.1 Å². The molecule has 0 saturated carbocycles. The number of nitrogens with one attached hydrogen (secondary N) is 1. The zero-order valence-corrected chi connectivity index (χ0v) is 13.9. The first-order valence-electron chi connectivity index (χ1n) is 6.65. The zero-order valence-electron chi connectivity index (χ0n) is 11.5. The van der Waals surface area contributed by atoms with E-state index in [9.17, 15) is 0 Å². The molecule has 3 rings (SSSR count). The van der Waals surface area contributed by atoms with Gasteiger partial charge < -0.3 is 5.32 Å². The Balaban J connectivity index is 1.90. The molecular weight excluding hydrogens is 330 g/mol. The lowest BCUT2D eigenvalue weighted by atomic mass is 10.1. The molecule has 1 heterocycles. The number of aryl methyl sites for hydroxylation is 1. The highest BCUT2D eigenvalue weighted by Crippen LogP contribution is 2.35. The molecule has 0 aliphatic carbocycles. The highest BCUT2D eigenvalue weighted by Gasteiger charge is 2.14. The molecule has 0 fully saturated rings. The van der Waals surface area contributed by atoms with Gasteiger partial charge in [0.25, 0.3) is 0 Å². The highest BCUT2D eigenvalue weighted by atomic mass is 79.9. The van der Waals surface area contributed by atoms with Crippen LogP contribution in [-0.4, -0.2) is 0 Å². The van der Waals surface area contributed by atoms with Crippen molar-refractivity contribution < 1.29 is 0 Å². The third kappa shape index (κ3) is 2.60. The maximum Gasteiger partial charge on any atom is 0.0581 e. The number of thiophene rings is 1. The Morgan fingerprint density at radius 2 is 1.75 bits per heavy atom. The molecule has 0 aliphatic heterocycles. The summed E-state index contributed by atoms with van der Waals surface area (Å²) in [5.74, 6) is 0. The number of hydrogen-bond acceptors (Lipinski definition) is 2. The molecule has 2 aromatic carbocycles. The van der Waals surface area contributed by atoms with Crippen LogP contribution >= 0.6 is 27.3 Å². The first-order chi connectivity index (χ1) is 9.65. The fourth-order valence-electron chi connectivity index (χ4n) is 2.47. The summed E-state index contributed by atoms with van der Waals surface area (Å²) in [6.45, 7) is 4.44. The largest absolute Gasteiger partial charge is 0.378 e. The zero-order chi connectivity index (χ0) is 14.1. The number of fused-ring (bicyclic) bond motifs is 1. The van der Waals surface area contributed by atoms with Gasteiger partial charge in [-0.25, -0.2) is 0 Å². The Hall–Kier alpha value is -1.32. The van der Waals surface area contributed by atoms with Gasteiger partial charge in [0.05, 0.1) is 6.04 Å². The maximum atomic E-state index is 3.58. The van der Waals surface area contributed by atoms with Crippen LogP contribution in [0.15, 0.2) is 53.0 Å². The van der Waals surface area contributed by atoms with E-state index >= 15 is 0 Å². The highest BCUT2D eigenvalue weighted by molar-refractivity contribution is 9.10. The summed E-state index contributed by atoms with van der Waals surface area (Å²) in [5.41, 5.74) is 2.54. The predicted octanol–water partition coefficient (Wildman–Crippen LogP) is 6.15. The van der Waals surface area contributed by atoms with Crippen molar-refractivity contribution in [2.24, 2.45) is 0 Å². The van der Waals surface area contributed by atoms with Gasteiger partial charge in [0.2, 0.25) is 0 Å². The van der Waals surface area contributed by atoms with E-state index in [1.807, 2.05) is 11.3 Å². The third-order valence-electron chi connectivity index (χ3n) is 3.50. The molecule has 0 aliphatic rings. The molecule has 0 radical (unpaired) electrons. The molecule has 1 aromatic heterocycles. The molecule has 3 heteroatoms. The lowest BCUT2D eigenvalue weighted by Crippen LogP contribution is -2.05. The minimum Gasteiger partial charge on any atom is -0.378 e. The first kappa shape index (κ1) is 13.7. The standard InChI is InChI=1S/C17H16BrNS/c1-11-15-5-3-4-6-16(15)20-17(11)12(2)19-14-9-7-13(18)8-10-14/h3-10,12,19H,1-2H3. The summed E-state index contributed by atoms with van der Waals surface area (Å²) in [7, 11) is 0. The molecule has 0 saturated heterocycles. The SMILES string of the molecule is Cc1c(C(C)Nc2ccc(Br)cc2)sc2ccccc12. The maximum absolute atomic E-state index is 3.58. The topological polar surface area (TPSA) is 12.0 Å². The number of benzene rings is 2. The summed E-state index contributed by atoms with van der Waals surface area (Å²) in [5, 5.41) is 4.95. The molecule has 1 N–H and O–H groups in total. The average molecular weight is 346 g/mol. The van der Waals surface area contributed by atoms with E-state index in [1.54, 1.807) is 0 Å². The quantitative estimate of drug-likeness (QED) is 0.600. The van der Waals surface area contributed by atoms with Crippen molar-refractivity contribution in [1.29, 1.82) is 0 Å². The molecule has 1 nitrogen and oxygen atoms in total. The average Bonchev–Trinajstić information content (AvgIpc) is 2.79. The van der Waals surface area contributed by atoms with Crippen LogP contribution in [0.5, 0.6) is 0 Å². The number of rotatable bonds is 3. The van der Waals surface area contributed by atoms with Gasteiger partial charge >= 0.3 is 0 Å². The van der Waals surface area contributed by atoms with E-state index in [-0.39, 0.29) is 0 Å². The molecule has 0 bridgehead atoms. The Morgan fingerprint density at radius 1 is 1.05 bits per heavy atom. The van der Waals surface area contributed by atoms with Gasteiger partial charge in [-0.05, 0) is 55.1 Å². The number of halogens is 1. The van der Waals surface area contributed by atoms with E-state index in [2.05, 4.69) is 83.6 Å². The van der Waals surface area contributed by atoms with Crippen molar-refractivity contribution in [1.82, 2.24) is 0 Å². The van der Waals surface area contributed by atoms with Crippen LogP contribution in [-0.2, 0) is 0 Å². The molecular formula is C17H16BrNS. The van der Waals surface area contributed by atoms with Crippen LogP contribution in [0.2, 0.25) is 0 Å². The first-order valence-corrected chi connectivity index (χ1v) is 8.26. The van der Waals surface area contributed by atoms with Crippen molar-refractivity contribution in [2.45, 2.75) is 19.9 Å². The Kier molecular flexibility index (Phi) is 3.81. The normalized spacial score (nSPS) is 12.6. The molecule has 1 atom stereocenters. The Labute approximate surface area is 131 Å². The summed E-state index contributed by atoms with van der Waals surface area (Å²) in [6.07, 6.45) is 0. The van der Waals surface area contributed by atoms with Gasteiger partial charge in [-0.2, -0.15) is 0 Å². The molecule has 0 amide bonds. The van der Waals surface area contributed by atoms with Gasteiger partial charge in [0, 0.05) is 19.7 Å². The van der Waals surface area contributed by atoms with Crippen molar-refractivity contribution in [3.8, 4) is 0 Å². The lowest BCUT2D eigenvalue weighted by Gasteiger charge is -2.15. The van der Waals surface area contributed by atoms with Crippen LogP contribution in [0, 0.1) is 6.92 Å². The van der Waals surface area contributed by atoms with Crippen LogP contribution in [0.1, 0.15) is 23.4 Å². The summed E-state index contributed by atoms with van der Waals surface area (Å²) < 4.78 is 2.47. The lowest BCUT2D eigenvalue weighted by molar-refractivity contribution is 0.900. The van der Waals surface area contributed by atoms with E-state index < -0.39 is 0 Å². The predicted molar refractivity (Wildman–Crippen MR) is 92.7 cm³/mol. The molecule has 1 unspecified atom stereocenters. The number of hydrogen-bond donors (Lipinski definition) is 1. The summed E-state index contributed by atoms with van der Waals surface area (Å²) >= 11 is 5.35. The molecule has 0 spiro atoms.